The Labute approximate surface area is 187 Å². The molecule has 0 spiro atoms. The maximum absolute atomic E-state index is 13.7. The van der Waals surface area contributed by atoms with Gasteiger partial charge in [0.1, 0.15) is 17.4 Å². The van der Waals surface area contributed by atoms with Gasteiger partial charge in [-0.3, -0.25) is 9.59 Å². The Hall–Kier alpha value is -3.29. The van der Waals surface area contributed by atoms with Gasteiger partial charge in [0.05, 0.1) is 39.4 Å². The molecular weight excluding hydrogens is 414 g/mol. The molecule has 0 fully saturated rings. The maximum Gasteiger partial charge on any atom is 0.336 e. The molecule has 8 nitrogen and oxygen atoms in total. The number of nitrogens with one attached hydrogen (secondary N) is 1. The number of ketones is 1. The van der Waals surface area contributed by atoms with Crippen molar-refractivity contribution in [1.82, 2.24) is 5.32 Å². The average molecular weight is 443 g/mol. The van der Waals surface area contributed by atoms with Crippen LogP contribution in [-0.2, 0) is 23.9 Å². The maximum atomic E-state index is 13.7. The van der Waals surface area contributed by atoms with Gasteiger partial charge in [0, 0.05) is 28.6 Å². The van der Waals surface area contributed by atoms with Crippen molar-refractivity contribution in [2.75, 3.05) is 27.9 Å². The van der Waals surface area contributed by atoms with Crippen molar-refractivity contribution in [3.05, 3.63) is 46.3 Å². The van der Waals surface area contributed by atoms with Crippen LogP contribution in [-0.4, -0.2) is 45.7 Å². The first kappa shape index (κ1) is 23.4. The van der Waals surface area contributed by atoms with Gasteiger partial charge in [0.25, 0.3) is 0 Å². The van der Waals surface area contributed by atoms with E-state index in [1.54, 1.807) is 39.2 Å². The molecule has 0 bridgehead atoms. The third kappa shape index (κ3) is 3.97. The summed E-state index contributed by atoms with van der Waals surface area (Å²) in [6.45, 7) is 5.52. The van der Waals surface area contributed by atoms with E-state index in [2.05, 4.69) is 5.32 Å². The van der Waals surface area contributed by atoms with Crippen LogP contribution in [0.3, 0.4) is 0 Å². The zero-order chi connectivity index (χ0) is 23.6. The molecule has 1 aromatic rings. The summed E-state index contributed by atoms with van der Waals surface area (Å²) in [4.78, 5) is 39.2. The van der Waals surface area contributed by atoms with E-state index < -0.39 is 23.8 Å². The molecule has 0 amide bonds. The number of benzene rings is 1. The van der Waals surface area contributed by atoms with Crippen molar-refractivity contribution in [1.29, 1.82) is 0 Å². The number of esters is 2. The smallest absolute Gasteiger partial charge is 0.336 e. The van der Waals surface area contributed by atoms with E-state index in [1.807, 2.05) is 6.92 Å². The second-order valence-electron chi connectivity index (χ2n) is 7.86. The van der Waals surface area contributed by atoms with Crippen LogP contribution in [0.2, 0.25) is 0 Å². The van der Waals surface area contributed by atoms with Crippen LogP contribution in [0.25, 0.3) is 0 Å². The molecule has 1 N–H and O–H groups in total. The first-order valence-electron chi connectivity index (χ1n) is 10.5. The van der Waals surface area contributed by atoms with Gasteiger partial charge in [-0.25, -0.2) is 4.79 Å². The number of Topliss-reactive ketones (excluding diaryl/α,β-unsaturated/α-hetero) is 1. The van der Waals surface area contributed by atoms with Crippen molar-refractivity contribution in [3.8, 4) is 11.5 Å². The molecule has 0 aromatic heterocycles. The number of dihydropyridines is 1. The predicted octanol–water partition coefficient (Wildman–Crippen LogP) is 2.88. The molecule has 3 rings (SSSR count). The number of ether oxygens (including phenoxy) is 4. The molecule has 172 valence electrons. The molecular formula is C24H29NO7. The lowest BCUT2D eigenvalue weighted by molar-refractivity contribution is -0.151. The Bertz CT molecular complexity index is 1010. The first-order valence-corrected chi connectivity index (χ1v) is 10.5. The molecule has 0 saturated heterocycles. The highest BCUT2D eigenvalue weighted by Crippen LogP contribution is 2.48. The quantitative estimate of drug-likeness (QED) is 0.529. The van der Waals surface area contributed by atoms with E-state index in [0.29, 0.717) is 46.0 Å². The zero-order valence-corrected chi connectivity index (χ0v) is 19.2. The molecule has 8 heteroatoms. The molecule has 0 saturated carbocycles. The Morgan fingerprint density at radius 2 is 1.88 bits per heavy atom. The second-order valence-corrected chi connectivity index (χ2v) is 7.86. The second kappa shape index (κ2) is 9.46. The number of hydrogen-bond donors (Lipinski definition) is 1. The molecule has 1 aliphatic carbocycles. The topological polar surface area (TPSA) is 100 Å². The summed E-state index contributed by atoms with van der Waals surface area (Å²) in [7, 11) is 4.32. The normalized spacial score (nSPS) is 22.7. The predicted molar refractivity (Wildman–Crippen MR) is 116 cm³/mol. The highest BCUT2D eigenvalue weighted by Gasteiger charge is 2.47. The molecule has 3 atom stereocenters. The molecule has 1 heterocycles. The Morgan fingerprint density at radius 3 is 2.47 bits per heavy atom. The number of carbonyl (C=O) groups excluding carboxylic acids is 3. The lowest BCUT2D eigenvalue weighted by Crippen LogP contribution is -2.43. The van der Waals surface area contributed by atoms with Gasteiger partial charge >= 0.3 is 11.9 Å². The Morgan fingerprint density at radius 1 is 1.16 bits per heavy atom. The molecule has 0 unspecified atom stereocenters. The van der Waals surface area contributed by atoms with Gasteiger partial charge in [0.15, 0.2) is 5.78 Å². The number of hydrogen-bond acceptors (Lipinski definition) is 8. The molecule has 32 heavy (non-hydrogen) atoms. The van der Waals surface area contributed by atoms with E-state index in [1.165, 1.54) is 14.2 Å². The average Bonchev–Trinajstić information content (AvgIpc) is 2.77. The van der Waals surface area contributed by atoms with Gasteiger partial charge in [-0.15, -0.1) is 0 Å². The van der Waals surface area contributed by atoms with Crippen molar-refractivity contribution >= 4 is 17.7 Å². The van der Waals surface area contributed by atoms with Crippen molar-refractivity contribution in [2.45, 2.75) is 33.1 Å². The fourth-order valence-corrected chi connectivity index (χ4v) is 4.53. The van der Waals surface area contributed by atoms with Crippen molar-refractivity contribution in [3.63, 3.8) is 0 Å². The third-order valence-corrected chi connectivity index (χ3v) is 5.99. The summed E-state index contributed by atoms with van der Waals surface area (Å²) in [5.74, 6) is -2.42. The van der Waals surface area contributed by atoms with E-state index >= 15 is 0 Å². The van der Waals surface area contributed by atoms with Crippen LogP contribution < -0.4 is 14.8 Å². The van der Waals surface area contributed by atoms with Gasteiger partial charge in [-0.2, -0.15) is 0 Å². The number of carbonyl (C=O) groups is 3. The fourth-order valence-electron chi connectivity index (χ4n) is 4.53. The number of allylic oxidation sites excluding steroid dienone is 3. The minimum absolute atomic E-state index is 0.184. The fraction of sp³-hybridized carbons (Fsp3) is 0.458. The van der Waals surface area contributed by atoms with Crippen LogP contribution in [0, 0.1) is 11.8 Å². The third-order valence-electron chi connectivity index (χ3n) is 5.99. The number of rotatable bonds is 6. The van der Waals surface area contributed by atoms with E-state index in [0.717, 1.165) is 0 Å². The minimum Gasteiger partial charge on any atom is -0.497 e. The van der Waals surface area contributed by atoms with Crippen LogP contribution in [0.4, 0.5) is 0 Å². The van der Waals surface area contributed by atoms with Gasteiger partial charge < -0.3 is 24.3 Å². The summed E-state index contributed by atoms with van der Waals surface area (Å²) in [5.41, 5.74) is 2.56. The Kier molecular flexibility index (Phi) is 6.91. The van der Waals surface area contributed by atoms with Crippen LogP contribution in [0.5, 0.6) is 11.5 Å². The van der Waals surface area contributed by atoms with Gasteiger partial charge in [-0.1, -0.05) is 13.0 Å². The van der Waals surface area contributed by atoms with E-state index in [4.69, 9.17) is 18.9 Å². The molecule has 2 aliphatic rings. The SMILES string of the molecule is CCOC(=O)C1=C(C)NC2=C(C(=O)[C@@H](C(=O)OC)[C@H](C)C2)[C@@H]1c1ccc(OC)cc1OC. The largest absolute Gasteiger partial charge is 0.497 e. The van der Waals surface area contributed by atoms with Gasteiger partial charge in [-0.05, 0) is 32.3 Å². The molecule has 1 aromatic carbocycles. The van der Waals surface area contributed by atoms with Crippen LogP contribution in [0.1, 0.15) is 38.7 Å². The van der Waals surface area contributed by atoms with E-state index in [-0.39, 0.29) is 18.3 Å². The summed E-state index contributed by atoms with van der Waals surface area (Å²) in [6, 6.07) is 5.21. The summed E-state index contributed by atoms with van der Waals surface area (Å²) < 4.78 is 21.1. The van der Waals surface area contributed by atoms with Crippen LogP contribution in [0.15, 0.2) is 40.7 Å². The monoisotopic (exact) mass is 443 g/mol. The highest BCUT2D eigenvalue weighted by atomic mass is 16.5. The molecule has 1 aliphatic heterocycles. The summed E-state index contributed by atoms with van der Waals surface area (Å²) >= 11 is 0. The standard InChI is InChI=1S/C24H29NO7/c1-7-32-24(28)19-13(3)25-16-10-12(2)18(23(27)31-6)22(26)21(16)20(19)15-9-8-14(29-4)11-17(15)30-5/h8-9,11-12,18,20,25H,7,10H2,1-6H3/t12-,18+,20-/m1/s1. The lowest BCUT2D eigenvalue weighted by atomic mass is 9.69. The number of methoxy groups -OCH3 is 3. The van der Waals surface area contributed by atoms with Crippen molar-refractivity contribution in [2.24, 2.45) is 11.8 Å². The Balaban J connectivity index is 2.25. The first-order chi connectivity index (χ1) is 15.3. The lowest BCUT2D eigenvalue weighted by Gasteiger charge is -2.38. The van der Waals surface area contributed by atoms with Crippen molar-refractivity contribution < 1.29 is 33.3 Å². The van der Waals surface area contributed by atoms with Crippen LogP contribution >= 0.6 is 0 Å². The van der Waals surface area contributed by atoms with Gasteiger partial charge in [0.2, 0.25) is 0 Å². The zero-order valence-electron chi connectivity index (χ0n) is 19.2. The minimum atomic E-state index is -0.950. The van der Waals surface area contributed by atoms with E-state index in [9.17, 15) is 14.4 Å². The molecule has 0 radical (unpaired) electrons. The highest BCUT2D eigenvalue weighted by molar-refractivity contribution is 6.12. The summed E-state index contributed by atoms with van der Waals surface area (Å²) in [5, 5.41) is 3.23. The summed E-state index contributed by atoms with van der Waals surface area (Å²) in [6.07, 6.45) is 0.462.